The molecule has 0 radical (unpaired) electrons. The van der Waals surface area contributed by atoms with Gasteiger partial charge in [0.05, 0.1) is 24.4 Å². The van der Waals surface area contributed by atoms with E-state index >= 15 is 0 Å². The highest BCUT2D eigenvalue weighted by atomic mass is 16.6. The third kappa shape index (κ3) is 4.20. The van der Waals surface area contributed by atoms with Crippen molar-refractivity contribution in [2.75, 3.05) is 20.1 Å². The summed E-state index contributed by atoms with van der Waals surface area (Å²) in [4.78, 5) is 25.1. The van der Waals surface area contributed by atoms with Crippen molar-refractivity contribution in [1.82, 2.24) is 16.0 Å². The summed E-state index contributed by atoms with van der Waals surface area (Å²) in [7, 11) is 1.59. The second kappa shape index (κ2) is 10.5. The lowest BCUT2D eigenvalue weighted by Crippen LogP contribution is -2.60. The van der Waals surface area contributed by atoms with Gasteiger partial charge in [0, 0.05) is 31.0 Å². The first-order valence-electron chi connectivity index (χ1n) is 18.1. The molecule has 4 unspecified atom stereocenters. The number of aliphatic hydroxyl groups excluding tert-OH is 1. The van der Waals surface area contributed by atoms with E-state index in [-0.39, 0.29) is 75.5 Å². The number of carbonyl (C=O) groups is 2. The number of hydrogen-bond acceptors (Lipinski definition) is 7. The second-order valence-electron chi connectivity index (χ2n) is 17.8. The molecule has 7 fully saturated rings. The minimum absolute atomic E-state index is 0.0206. The number of ether oxygens (including phenoxy) is 3. The Morgan fingerprint density at radius 3 is 2.31 bits per heavy atom. The molecular formula is C36H59N3O6. The fourth-order valence-electron chi connectivity index (χ4n) is 13.3. The Morgan fingerprint density at radius 1 is 0.978 bits per heavy atom. The number of carbonyl (C=O) groups excluding carboxylic acids is 2. The second-order valence-corrected chi connectivity index (χ2v) is 17.8. The van der Waals surface area contributed by atoms with Crippen molar-refractivity contribution >= 4 is 12.2 Å². The lowest BCUT2D eigenvalue weighted by atomic mass is 9.41. The molecule has 2 heterocycles. The number of aliphatic hydroxyl groups is 1. The van der Waals surface area contributed by atoms with Crippen LogP contribution in [-0.4, -0.2) is 74.0 Å². The van der Waals surface area contributed by atoms with Crippen LogP contribution in [0.2, 0.25) is 0 Å². The van der Waals surface area contributed by atoms with Gasteiger partial charge in [-0.25, -0.2) is 9.59 Å². The first kappa shape index (κ1) is 32.0. The smallest absolute Gasteiger partial charge is 0.407 e. The molecule has 5 aliphatic carbocycles. The Labute approximate surface area is 270 Å². The third-order valence-corrected chi connectivity index (χ3v) is 15.6. The third-order valence-electron chi connectivity index (χ3n) is 15.6. The highest BCUT2D eigenvalue weighted by molar-refractivity contribution is 5.68. The van der Waals surface area contributed by atoms with Crippen molar-refractivity contribution in [2.24, 2.45) is 56.7 Å². The Hall–Kier alpha value is -1.58. The van der Waals surface area contributed by atoms with Crippen molar-refractivity contribution in [2.45, 2.75) is 136 Å². The van der Waals surface area contributed by atoms with Crippen LogP contribution in [0.4, 0.5) is 9.59 Å². The molecular weight excluding hydrogens is 570 g/mol. The van der Waals surface area contributed by atoms with Crippen LogP contribution in [0.1, 0.15) is 99.8 Å². The quantitative estimate of drug-likeness (QED) is 0.328. The molecule has 2 saturated heterocycles. The first-order valence-corrected chi connectivity index (χ1v) is 18.1. The predicted octanol–water partition coefficient (Wildman–Crippen LogP) is 5.25. The Morgan fingerprint density at radius 2 is 1.67 bits per heavy atom. The van der Waals surface area contributed by atoms with Crippen LogP contribution in [0.15, 0.2) is 0 Å². The molecule has 0 aromatic carbocycles. The van der Waals surface area contributed by atoms with Crippen LogP contribution in [0, 0.1) is 56.7 Å². The maximum atomic E-state index is 12.8. The number of amides is 2. The van der Waals surface area contributed by atoms with Crippen LogP contribution in [0.25, 0.3) is 0 Å². The van der Waals surface area contributed by atoms with E-state index in [1.165, 1.54) is 12.8 Å². The van der Waals surface area contributed by atoms with Gasteiger partial charge in [0.1, 0.15) is 12.2 Å². The number of rotatable bonds is 5. The summed E-state index contributed by atoms with van der Waals surface area (Å²) < 4.78 is 18.9. The molecule has 7 aliphatic rings. The summed E-state index contributed by atoms with van der Waals surface area (Å²) in [6, 6.07) is 0.179. The van der Waals surface area contributed by atoms with Crippen molar-refractivity contribution < 1.29 is 28.9 Å². The van der Waals surface area contributed by atoms with Gasteiger partial charge in [-0.1, -0.05) is 48.5 Å². The topological polar surface area (TPSA) is 118 Å². The molecule has 45 heavy (non-hydrogen) atoms. The fourth-order valence-corrected chi connectivity index (χ4v) is 13.3. The monoisotopic (exact) mass is 629 g/mol. The van der Waals surface area contributed by atoms with Gasteiger partial charge in [-0.15, -0.1) is 0 Å². The number of fused-ring (bicyclic) bond motifs is 4. The van der Waals surface area contributed by atoms with Gasteiger partial charge >= 0.3 is 12.2 Å². The summed E-state index contributed by atoms with van der Waals surface area (Å²) >= 11 is 0. The maximum Gasteiger partial charge on any atom is 0.407 e. The highest BCUT2D eigenvalue weighted by Gasteiger charge is 2.84. The molecule has 5 saturated carbocycles. The van der Waals surface area contributed by atoms with E-state index in [1.54, 1.807) is 7.05 Å². The SMILES string of the molecule is CNC(=O)O[C@H](C(C)C)C1C[C@@H](C)[C@H]2C(O1)[C@H](O)[C@@]1(C)C3CC[C@H]4C(C)(C)C(OC(=O)NC5CNC5)CC[C@@]45C[C@@]35CC[C@]21C. The standard InChI is InChI=1S/C36H59N3O6/c1-19(2)27(45-30(41)37-8)22-15-20(3)26-28(43-22)29(40)34(7)24-10-9-23-32(4,5)25(44-31(42)39-21-16-38-17-21)11-12-35(23)18-36(24,35)14-13-33(26,34)6/h19-29,38,40H,9-18H2,1-8H3,(H,37,41)(H,39,42)/t20-,22?,23+,24?,25?,26+,27-,28?,29+,33-,34-,35-,36+/m1/s1. The Bertz CT molecular complexity index is 1210. The van der Waals surface area contributed by atoms with Gasteiger partial charge in [-0.05, 0) is 97.2 Å². The number of nitrogens with one attached hydrogen (secondary N) is 3. The maximum absolute atomic E-state index is 12.8. The van der Waals surface area contributed by atoms with E-state index in [4.69, 9.17) is 14.2 Å². The van der Waals surface area contributed by atoms with E-state index in [9.17, 15) is 14.7 Å². The van der Waals surface area contributed by atoms with Gasteiger partial charge in [0.2, 0.25) is 0 Å². The normalized spacial score (nSPS) is 50.0. The van der Waals surface area contributed by atoms with Gasteiger partial charge in [-0.3, -0.25) is 0 Å². The minimum atomic E-state index is -0.556. The molecule has 2 amide bonds. The average molecular weight is 630 g/mol. The summed E-state index contributed by atoms with van der Waals surface area (Å²) in [6.45, 7) is 17.7. The Kier molecular flexibility index (Phi) is 7.43. The fraction of sp³-hybridized carbons (Fsp3) is 0.944. The van der Waals surface area contributed by atoms with Crippen LogP contribution in [-0.2, 0) is 14.2 Å². The average Bonchev–Trinajstić information content (AvgIpc) is 3.59. The van der Waals surface area contributed by atoms with E-state index in [2.05, 4.69) is 64.4 Å². The van der Waals surface area contributed by atoms with Crippen LogP contribution in [0.5, 0.6) is 0 Å². The molecule has 0 bridgehead atoms. The molecule has 7 rings (SSSR count). The molecule has 0 aromatic rings. The van der Waals surface area contributed by atoms with Gasteiger partial charge in [0.15, 0.2) is 0 Å². The van der Waals surface area contributed by atoms with E-state index < -0.39 is 12.2 Å². The Balaban J connectivity index is 1.13. The lowest BCUT2D eigenvalue weighted by Gasteiger charge is -2.63. The zero-order valence-corrected chi connectivity index (χ0v) is 28.9. The van der Waals surface area contributed by atoms with Crippen molar-refractivity contribution in [3.8, 4) is 0 Å². The van der Waals surface area contributed by atoms with E-state index in [1.807, 2.05) is 0 Å². The highest BCUT2D eigenvalue weighted by Crippen LogP contribution is 2.89. The molecule has 9 heteroatoms. The molecule has 254 valence electrons. The summed E-state index contributed by atoms with van der Waals surface area (Å²) in [5.74, 6) is 1.70. The largest absolute Gasteiger partial charge is 0.446 e. The van der Waals surface area contributed by atoms with E-state index in [0.29, 0.717) is 17.8 Å². The van der Waals surface area contributed by atoms with Crippen molar-refractivity contribution in [3.63, 3.8) is 0 Å². The minimum Gasteiger partial charge on any atom is -0.446 e. The zero-order valence-electron chi connectivity index (χ0n) is 28.9. The van der Waals surface area contributed by atoms with E-state index in [0.717, 1.165) is 51.6 Å². The molecule has 0 aromatic heterocycles. The first-order chi connectivity index (χ1) is 21.2. The lowest BCUT2D eigenvalue weighted by molar-refractivity contribution is -0.184. The van der Waals surface area contributed by atoms with Crippen molar-refractivity contribution in [3.05, 3.63) is 0 Å². The van der Waals surface area contributed by atoms with Crippen molar-refractivity contribution in [1.29, 1.82) is 0 Å². The molecule has 2 spiro atoms. The van der Waals surface area contributed by atoms with Gasteiger partial charge < -0.3 is 35.3 Å². The molecule has 4 N–H and O–H groups in total. The predicted molar refractivity (Wildman–Crippen MR) is 170 cm³/mol. The van der Waals surface area contributed by atoms with Crippen LogP contribution >= 0.6 is 0 Å². The van der Waals surface area contributed by atoms with Crippen LogP contribution < -0.4 is 16.0 Å². The summed E-state index contributed by atoms with van der Waals surface area (Å²) in [5, 5.41) is 21.4. The summed E-state index contributed by atoms with van der Waals surface area (Å²) in [6.07, 6.45) is 6.51. The molecule has 13 atom stereocenters. The van der Waals surface area contributed by atoms with Crippen LogP contribution in [0.3, 0.4) is 0 Å². The zero-order chi connectivity index (χ0) is 32.3. The number of alkyl carbamates (subject to hydrolysis) is 2. The number of hydrogen-bond donors (Lipinski definition) is 4. The molecule has 2 aliphatic heterocycles. The van der Waals surface area contributed by atoms with Gasteiger partial charge in [-0.2, -0.15) is 0 Å². The molecule has 9 nitrogen and oxygen atoms in total. The summed E-state index contributed by atoms with van der Waals surface area (Å²) in [5.41, 5.74) is 0.152. The van der Waals surface area contributed by atoms with Gasteiger partial charge in [0.25, 0.3) is 0 Å².